The van der Waals surface area contributed by atoms with Crippen molar-refractivity contribution >= 4 is 72.7 Å². The Morgan fingerprint density at radius 1 is 0.432 bits per heavy atom. The van der Waals surface area contributed by atoms with Gasteiger partial charge in [0.1, 0.15) is 0 Å². The number of aromatic nitrogens is 10. The van der Waals surface area contributed by atoms with E-state index in [-0.39, 0.29) is 111 Å². The molecule has 4 heterocycles. The Balaban J connectivity index is 0.000000190. The molecular formula is C65H49IK2N10O3. The van der Waals surface area contributed by atoms with E-state index in [9.17, 15) is 0 Å². The van der Waals surface area contributed by atoms with E-state index in [1.165, 1.54) is 70.8 Å². The smallest absolute Gasteiger partial charge is 1.00 e. The first-order chi connectivity index (χ1) is 39.0. The predicted molar refractivity (Wildman–Crippen MR) is 322 cm³/mol. The summed E-state index contributed by atoms with van der Waals surface area (Å²) in [5.74, 6) is 1.19. The summed E-state index contributed by atoms with van der Waals surface area (Å²) in [6.07, 6.45) is 0. The van der Waals surface area contributed by atoms with Crippen molar-refractivity contribution in [1.29, 1.82) is 0 Å². The topological polar surface area (TPSA) is 157 Å². The normalized spacial score (nSPS) is 10.6. The third-order valence-corrected chi connectivity index (χ3v) is 13.6. The molecule has 0 spiro atoms. The average Bonchev–Trinajstić information content (AvgIpc) is 2.93. The van der Waals surface area contributed by atoms with Gasteiger partial charge in [-0.15, -0.1) is 20.4 Å². The van der Waals surface area contributed by atoms with Crippen molar-refractivity contribution in [3.05, 3.63) is 243 Å². The third-order valence-electron chi connectivity index (χ3n) is 13.6. The Labute approximate surface area is 567 Å². The quantitative estimate of drug-likeness (QED) is 0.0376. The molecule has 0 radical (unpaired) electrons. The Hall–Kier alpha value is -6.63. The zero-order valence-electron chi connectivity index (χ0n) is 45.8. The van der Waals surface area contributed by atoms with Gasteiger partial charge in [-0.2, -0.15) is 10.0 Å². The molecule has 13 nitrogen and oxygen atoms in total. The van der Waals surface area contributed by atoms with Gasteiger partial charge in [-0.1, -0.05) is 192 Å². The third kappa shape index (κ3) is 12.9. The molecule has 0 saturated carbocycles. The second kappa shape index (κ2) is 27.9. The minimum atomic E-state index is -0.181. The number of carbonyl (C=O) groups excluding carboxylic acids is 1. The maximum atomic E-state index is 8.64. The van der Waals surface area contributed by atoms with Crippen molar-refractivity contribution in [1.82, 2.24) is 50.0 Å². The standard InChI is InChI=1S/C32H23N5.C31H21N5.CH3I.CH2O3.2K.H/c1-36-34-32(33-35-36)26-13-8-14-27(19-26)37-30-17-15-24(22-9-4-2-5-10-22)20-28(30)29-21-25(16-18-31(29)37)23-11-6-3-7-12-23;1-3-8-21(9-4-1)23-14-16-29-27(19-23)28-20-24(22-10-5-2-6-11-22)15-17-30(28)36(29)26-13-7-12-25(18-26)31-32-34-35-33-31;1-2;2-1-4-3;;;/h2-21H,1H3;1-20H,(H,32,33,34,35);1H3;1,3H;;;/q;;;;2*+1;-1/p-1. The number of alkyl halides is 1. The molecule has 4 aromatic heterocycles. The maximum Gasteiger partial charge on any atom is 1.00 e. The summed E-state index contributed by atoms with van der Waals surface area (Å²) in [5.41, 5.74) is 18.2. The average molecular weight is 1220 g/mol. The number of hydrogen-bond acceptors (Lipinski definition) is 9. The first kappa shape index (κ1) is 59.0. The van der Waals surface area contributed by atoms with Gasteiger partial charge in [-0.3, -0.25) is 4.79 Å². The number of nitrogens with zero attached hydrogens (tertiary/aromatic N) is 9. The molecule has 0 bridgehead atoms. The van der Waals surface area contributed by atoms with E-state index < -0.39 is 0 Å². The SMILES string of the molecule is CI.Cn1nnc(-c2cccc(-n3c4ccc(-c5ccccc5)cc4c4cc(-c5ccccc5)ccc43)c2)n1.O=CO[O-].[H-].[K+].[K+].c1ccc(-c2ccc3c(c2)c2cc(-c4ccccc4)ccc2n3-c2cccc(-c3nn[nH]n3)c2)cc1. The number of halogens is 1. The fourth-order valence-electron chi connectivity index (χ4n) is 10.1. The van der Waals surface area contributed by atoms with Crippen LogP contribution in [-0.4, -0.2) is 61.4 Å². The molecule has 16 heteroatoms. The van der Waals surface area contributed by atoms with E-state index in [1.807, 2.05) is 23.1 Å². The van der Waals surface area contributed by atoms with Crippen LogP contribution < -0.4 is 108 Å². The Morgan fingerprint density at radius 3 is 1.06 bits per heavy atom. The number of carbonyl (C=O) groups is 1. The van der Waals surface area contributed by atoms with Crippen LogP contribution in [-0.2, 0) is 16.7 Å². The molecule has 386 valence electrons. The number of nitrogens with one attached hydrogen (secondary N) is 1. The van der Waals surface area contributed by atoms with Gasteiger partial charge >= 0.3 is 103 Å². The molecule has 10 aromatic carbocycles. The number of H-pyrrole nitrogens is 1. The minimum absolute atomic E-state index is 0. The molecular weight excluding hydrogens is 1170 g/mol. The predicted octanol–water partition coefficient (Wildman–Crippen LogP) is 8.21. The molecule has 14 rings (SSSR count). The van der Waals surface area contributed by atoms with Gasteiger partial charge in [0, 0.05) is 44.0 Å². The number of aryl methyl sites for hydroxylation is 1. The van der Waals surface area contributed by atoms with Crippen LogP contribution in [0.3, 0.4) is 0 Å². The second-order valence-electron chi connectivity index (χ2n) is 18.2. The van der Waals surface area contributed by atoms with Gasteiger partial charge in [0.2, 0.25) is 11.6 Å². The van der Waals surface area contributed by atoms with E-state index in [0.29, 0.717) is 11.6 Å². The Bertz CT molecular complexity index is 4180. The molecule has 0 fully saturated rings. The van der Waals surface area contributed by atoms with E-state index >= 15 is 0 Å². The maximum absolute atomic E-state index is 8.64. The summed E-state index contributed by atoms with van der Waals surface area (Å²) < 4.78 is 4.64. The summed E-state index contributed by atoms with van der Waals surface area (Å²) in [4.78, 5) is 14.7. The Kier molecular flexibility index (Phi) is 20.3. The van der Waals surface area contributed by atoms with Gasteiger partial charge in [0.25, 0.3) is 6.47 Å². The number of fused-ring (bicyclic) bond motifs is 6. The number of hydrogen-bond donors (Lipinski definition) is 1. The largest absolute Gasteiger partial charge is 1.00 e. The Morgan fingerprint density at radius 2 is 0.765 bits per heavy atom. The van der Waals surface area contributed by atoms with Crippen LogP contribution in [0.15, 0.2) is 243 Å². The summed E-state index contributed by atoms with van der Waals surface area (Å²) in [7, 11) is 1.78. The first-order valence-corrected chi connectivity index (χ1v) is 27.3. The van der Waals surface area contributed by atoms with Gasteiger partial charge in [0.05, 0.1) is 29.1 Å². The molecule has 0 aliphatic heterocycles. The number of benzene rings is 10. The summed E-state index contributed by atoms with van der Waals surface area (Å²) in [6, 6.07) is 85.7. The fraction of sp³-hybridized carbons (Fsp3) is 0.0308. The zero-order chi connectivity index (χ0) is 54.1. The molecule has 0 amide bonds. The van der Waals surface area contributed by atoms with E-state index in [4.69, 9.17) is 10.1 Å². The monoisotopic (exact) mass is 1220 g/mol. The van der Waals surface area contributed by atoms with Gasteiger partial charge < -0.3 is 20.7 Å². The summed E-state index contributed by atoms with van der Waals surface area (Å²) >= 11 is 2.15. The number of rotatable bonds is 9. The van der Waals surface area contributed by atoms with Gasteiger partial charge in [-0.25, -0.2) is 0 Å². The number of aromatic amines is 1. The zero-order valence-corrected chi connectivity index (χ0v) is 53.2. The van der Waals surface area contributed by atoms with Crippen molar-refractivity contribution in [3.8, 4) is 78.7 Å². The van der Waals surface area contributed by atoms with Crippen LogP contribution >= 0.6 is 22.6 Å². The van der Waals surface area contributed by atoms with Crippen LogP contribution in [0.4, 0.5) is 0 Å². The molecule has 81 heavy (non-hydrogen) atoms. The molecule has 0 atom stereocenters. The van der Waals surface area contributed by atoms with Crippen LogP contribution in [0.1, 0.15) is 1.43 Å². The molecule has 14 aromatic rings. The van der Waals surface area contributed by atoms with Crippen molar-refractivity contribution < 1.29 is 119 Å². The number of tetrazole rings is 2. The van der Waals surface area contributed by atoms with Gasteiger partial charge in [0.15, 0.2) is 0 Å². The van der Waals surface area contributed by atoms with E-state index in [0.717, 1.165) is 44.6 Å². The van der Waals surface area contributed by atoms with Crippen LogP contribution in [0.25, 0.3) is 122 Å². The summed E-state index contributed by atoms with van der Waals surface area (Å²) in [6.45, 7) is -0.181. The van der Waals surface area contributed by atoms with E-state index in [1.54, 1.807) is 7.05 Å². The molecule has 0 saturated heterocycles. The first-order valence-electron chi connectivity index (χ1n) is 25.2. The van der Waals surface area contributed by atoms with Crippen molar-refractivity contribution in [3.63, 3.8) is 0 Å². The van der Waals surface area contributed by atoms with Crippen molar-refractivity contribution in [2.75, 3.05) is 4.93 Å². The fourth-order valence-corrected chi connectivity index (χ4v) is 10.1. The molecule has 0 aliphatic carbocycles. The minimum Gasteiger partial charge on any atom is -1.00 e. The molecule has 0 aliphatic rings. The van der Waals surface area contributed by atoms with E-state index in [2.05, 4.69) is 297 Å². The molecule has 0 unspecified atom stereocenters. The van der Waals surface area contributed by atoms with Crippen LogP contribution in [0, 0.1) is 0 Å². The van der Waals surface area contributed by atoms with Crippen molar-refractivity contribution in [2.24, 2.45) is 7.05 Å². The van der Waals surface area contributed by atoms with Crippen molar-refractivity contribution in [2.45, 2.75) is 0 Å². The summed E-state index contributed by atoms with van der Waals surface area (Å²) in [5, 5.41) is 40.5. The van der Waals surface area contributed by atoms with Crippen LogP contribution in [0.5, 0.6) is 0 Å². The van der Waals surface area contributed by atoms with Crippen LogP contribution in [0.2, 0.25) is 0 Å². The molecule has 1 N–H and O–H groups in total. The second-order valence-corrected chi connectivity index (χ2v) is 18.2. The van der Waals surface area contributed by atoms with Gasteiger partial charge in [-0.05, 0) is 133 Å².